The number of anilines is 1. The zero-order valence-corrected chi connectivity index (χ0v) is 17.6. The van der Waals surface area contributed by atoms with Gasteiger partial charge in [0.25, 0.3) is 0 Å². The number of allylic oxidation sites excluding steroid dienone is 1. The molecule has 0 atom stereocenters. The maximum Gasteiger partial charge on any atom is 0.242 e. The fourth-order valence-corrected chi connectivity index (χ4v) is 4.25. The van der Waals surface area contributed by atoms with E-state index >= 15 is 0 Å². The van der Waals surface area contributed by atoms with E-state index < -0.39 is 0 Å². The number of rotatable bonds is 4. The van der Waals surface area contributed by atoms with Gasteiger partial charge in [-0.15, -0.1) is 0 Å². The molecule has 0 aliphatic carbocycles. The summed E-state index contributed by atoms with van der Waals surface area (Å²) in [4.78, 5) is 27.4. The number of nitrogens with zero attached hydrogens (tertiary/aromatic N) is 7. The number of aliphatic imine (C=N–C) groups is 1. The van der Waals surface area contributed by atoms with E-state index in [9.17, 15) is 10.1 Å². The largest absolute Gasteiger partial charge is 0.367 e. The number of amides is 1. The van der Waals surface area contributed by atoms with Gasteiger partial charge in [0.05, 0.1) is 0 Å². The van der Waals surface area contributed by atoms with Crippen molar-refractivity contribution >= 4 is 34.4 Å². The van der Waals surface area contributed by atoms with Crippen LogP contribution in [0.3, 0.4) is 0 Å². The van der Waals surface area contributed by atoms with E-state index in [0.29, 0.717) is 26.3 Å². The maximum absolute atomic E-state index is 12.9. The summed E-state index contributed by atoms with van der Waals surface area (Å²) >= 11 is 0. The van der Waals surface area contributed by atoms with Gasteiger partial charge in [0.1, 0.15) is 18.9 Å². The van der Waals surface area contributed by atoms with Gasteiger partial charge in [-0.05, 0) is 24.3 Å². The number of para-hydroxylation sites is 1. The maximum atomic E-state index is 12.9. The second-order valence-electron chi connectivity index (χ2n) is 7.85. The molecule has 2 aliphatic rings. The van der Waals surface area contributed by atoms with Gasteiger partial charge in [0.15, 0.2) is 6.19 Å². The van der Waals surface area contributed by atoms with Crippen molar-refractivity contribution in [3.63, 3.8) is 0 Å². The highest BCUT2D eigenvalue weighted by atomic mass is 16.2. The number of hydrogen-bond acceptors (Lipinski definition) is 6. The lowest BCUT2D eigenvalue weighted by Gasteiger charge is -2.37. The summed E-state index contributed by atoms with van der Waals surface area (Å²) in [6, 6.07) is 14.0. The van der Waals surface area contributed by atoms with Gasteiger partial charge >= 0.3 is 0 Å². The number of hydrogen-bond donors (Lipinski definition) is 0. The minimum absolute atomic E-state index is 0.105. The van der Waals surface area contributed by atoms with Gasteiger partial charge in [0.2, 0.25) is 5.91 Å². The van der Waals surface area contributed by atoms with Gasteiger partial charge in [-0.1, -0.05) is 18.2 Å². The minimum Gasteiger partial charge on any atom is -0.367 e. The molecule has 32 heavy (non-hydrogen) atoms. The number of pyridine rings is 1. The zero-order valence-electron chi connectivity index (χ0n) is 17.6. The molecule has 1 amide bonds. The highest BCUT2D eigenvalue weighted by Crippen LogP contribution is 2.28. The third-order valence-corrected chi connectivity index (χ3v) is 5.90. The predicted octanol–water partition coefficient (Wildman–Crippen LogP) is 2.55. The normalized spacial score (nSPS) is 16.2. The third kappa shape index (κ3) is 3.81. The first-order chi connectivity index (χ1) is 15.7. The monoisotopic (exact) mass is 425 g/mol. The van der Waals surface area contributed by atoms with Crippen LogP contribution in [-0.4, -0.2) is 64.3 Å². The molecule has 160 valence electrons. The number of benzene rings is 1. The Morgan fingerprint density at radius 1 is 1.06 bits per heavy atom. The molecule has 0 spiro atoms. The summed E-state index contributed by atoms with van der Waals surface area (Å²) in [5, 5.41) is 10.2. The van der Waals surface area contributed by atoms with Crippen LogP contribution in [0.1, 0.15) is 5.56 Å². The Morgan fingerprint density at radius 2 is 1.91 bits per heavy atom. The lowest BCUT2D eigenvalue weighted by atomic mass is 10.0. The van der Waals surface area contributed by atoms with Crippen molar-refractivity contribution in [3.05, 3.63) is 66.6 Å². The fraction of sp³-hybridized carbons (Fsp3) is 0.250. The Balaban J connectivity index is 1.27. The molecule has 0 N–H and O–H groups in total. The van der Waals surface area contributed by atoms with Crippen LogP contribution >= 0.6 is 0 Å². The highest BCUT2D eigenvalue weighted by molar-refractivity contribution is 6.12. The standard InChI is InChI=1S/C24H23N7O/c25-17-28-15-20(14-26-18-28)21-5-1-2-6-22(21)29-10-12-30(13-11-29)23(32)16-31-9-7-19-4-3-8-27-24(19)31/h1-9,14-15H,10-13,16,18H2. The van der Waals surface area contributed by atoms with E-state index in [1.165, 1.54) is 4.90 Å². The van der Waals surface area contributed by atoms with E-state index in [1.807, 2.05) is 58.4 Å². The Kier molecular flexibility index (Phi) is 5.30. The van der Waals surface area contributed by atoms with Crippen LogP contribution < -0.4 is 4.90 Å². The average molecular weight is 425 g/mol. The van der Waals surface area contributed by atoms with E-state index in [-0.39, 0.29) is 5.91 Å². The van der Waals surface area contributed by atoms with Crippen LogP contribution in [0.4, 0.5) is 5.69 Å². The summed E-state index contributed by atoms with van der Waals surface area (Å²) < 4.78 is 1.91. The molecule has 2 aromatic heterocycles. The molecule has 4 heterocycles. The van der Waals surface area contributed by atoms with Crippen molar-refractivity contribution in [2.24, 2.45) is 4.99 Å². The molecule has 2 aliphatic heterocycles. The second-order valence-corrected chi connectivity index (χ2v) is 7.85. The Labute approximate surface area is 186 Å². The van der Waals surface area contributed by atoms with Crippen molar-refractivity contribution in [2.75, 3.05) is 37.7 Å². The molecule has 1 saturated heterocycles. The predicted molar refractivity (Wildman–Crippen MR) is 124 cm³/mol. The van der Waals surface area contributed by atoms with Crippen molar-refractivity contribution in [3.8, 4) is 6.19 Å². The van der Waals surface area contributed by atoms with Crippen molar-refractivity contribution in [1.29, 1.82) is 5.26 Å². The lowest BCUT2D eigenvalue weighted by molar-refractivity contribution is -0.132. The van der Waals surface area contributed by atoms with Crippen LogP contribution in [-0.2, 0) is 11.3 Å². The SMILES string of the molecule is N#CN1C=C(c2ccccc2N2CCN(C(=O)Cn3ccc4cccnc43)CC2)C=NC1. The molecule has 8 nitrogen and oxygen atoms in total. The molecule has 3 aromatic rings. The van der Waals surface area contributed by atoms with Crippen molar-refractivity contribution < 1.29 is 4.79 Å². The molecule has 1 fully saturated rings. The molecule has 0 saturated carbocycles. The number of nitriles is 1. The Morgan fingerprint density at radius 3 is 2.75 bits per heavy atom. The molecule has 5 rings (SSSR count). The summed E-state index contributed by atoms with van der Waals surface area (Å²) in [7, 11) is 0. The summed E-state index contributed by atoms with van der Waals surface area (Å²) in [6.45, 7) is 3.48. The van der Waals surface area contributed by atoms with Crippen LogP contribution in [0.15, 0.2) is 66.1 Å². The summed E-state index contributed by atoms with van der Waals surface area (Å²) in [5.41, 5.74) is 3.89. The molecule has 0 bridgehead atoms. The number of carbonyl (C=O) groups is 1. The number of piperazine rings is 1. The average Bonchev–Trinajstić information content (AvgIpc) is 3.27. The second kappa shape index (κ2) is 8.55. The van der Waals surface area contributed by atoms with Gasteiger partial charge in [-0.2, -0.15) is 5.26 Å². The summed E-state index contributed by atoms with van der Waals surface area (Å²) in [6.07, 6.45) is 9.46. The van der Waals surface area contributed by atoms with Crippen LogP contribution in [0.5, 0.6) is 0 Å². The van der Waals surface area contributed by atoms with Crippen LogP contribution in [0.25, 0.3) is 16.6 Å². The van der Waals surface area contributed by atoms with Gasteiger partial charge < -0.3 is 14.4 Å². The first kappa shape index (κ1) is 19.8. The molecule has 8 heteroatoms. The molecule has 0 unspecified atom stereocenters. The van der Waals surface area contributed by atoms with E-state index in [1.54, 1.807) is 6.20 Å². The number of aromatic nitrogens is 2. The minimum atomic E-state index is 0.105. The highest BCUT2D eigenvalue weighted by Gasteiger charge is 2.24. The fourth-order valence-electron chi connectivity index (χ4n) is 4.25. The van der Waals surface area contributed by atoms with Crippen LogP contribution in [0, 0.1) is 11.5 Å². The van der Waals surface area contributed by atoms with Gasteiger partial charge in [0, 0.05) is 73.2 Å². The summed E-state index contributed by atoms with van der Waals surface area (Å²) in [5.74, 6) is 0.105. The smallest absolute Gasteiger partial charge is 0.242 e. The Bertz CT molecular complexity index is 1240. The zero-order chi connectivity index (χ0) is 21.9. The van der Waals surface area contributed by atoms with Gasteiger partial charge in [-0.3, -0.25) is 14.7 Å². The molecule has 0 radical (unpaired) electrons. The van der Waals surface area contributed by atoms with E-state index in [4.69, 9.17) is 0 Å². The van der Waals surface area contributed by atoms with Gasteiger partial charge in [-0.25, -0.2) is 4.98 Å². The molecular formula is C24H23N7O. The Hall–Kier alpha value is -4.12. The van der Waals surface area contributed by atoms with Crippen molar-refractivity contribution in [2.45, 2.75) is 6.54 Å². The first-order valence-electron chi connectivity index (χ1n) is 10.6. The molecular weight excluding hydrogens is 402 g/mol. The number of carbonyl (C=O) groups excluding carboxylic acids is 1. The van der Waals surface area contributed by atoms with Crippen LogP contribution in [0.2, 0.25) is 0 Å². The van der Waals surface area contributed by atoms with E-state index in [0.717, 1.165) is 40.9 Å². The first-order valence-corrected chi connectivity index (χ1v) is 10.6. The number of fused-ring (bicyclic) bond motifs is 1. The van der Waals surface area contributed by atoms with E-state index in [2.05, 4.69) is 33.2 Å². The topological polar surface area (TPSA) is 80.8 Å². The lowest BCUT2D eigenvalue weighted by Crippen LogP contribution is -2.49. The quantitative estimate of drug-likeness (QED) is 0.600. The van der Waals surface area contributed by atoms with Crippen molar-refractivity contribution in [1.82, 2.24) is 19.4 Å². The molecule has 1 aromatic carbocycles. The third-order valence-electron chi connectivity index (χ3n) is 5.90.